The van der Waals surface area contributed by atoms with Crippen LogP contribution in [0.3, 0.4) is 0 Å². The summed E-state index contributed by atoms with van der Waals surface area (Å²) in [6.45, 7) is 6.55. The summed E-state index contributed by atoms with van der Waals surface area (Å²) < 4.78 is 10.5. The van der Waals surface area contributed by atoms with Gasteiger partial charge < -0.3 is 15.0 Å². The van der Waals surface area contributed by atoms with Crippen molar-refractivity contribution in [3.05, 3.63) is 48.0 Å². The van der Waals surface area contributed by atoms with Gasteiger partial charge in [-0.25, -0.2) is 0 Å². The van der Waals surface area contributed by atoms with Crippen LogP contribution in [-0.2, 0) is 5.41 Å². The number of aromatic nitrogens is 2. The number of nitrogens with zero attached hydrogens (tertiary/aromatic N) is 2. The summed E-state index contributed by atoms with van der Waals surface area (Å²) in [6.07, 6.45) is 0. The fraction of sp³-hybridized carbons (Fsp3) is 0.263. The zero-order valence-electron chi connectivity index (χ0n) is 14.3. The summed E-state index contributed by atoms with van der Waals surface area (Å²) in [4.78, 5) is 4.47. The molecule has 0 amide bonds. The van der Waals surface area contributed by atoms with Gasteiger partial charge in [0, 0.05) is 11.1 Å². The Bertz CT molecular complexity index is 846. The van der Waals surface area contributed by atoms with Crippen molar-refractivity contribution in [2.24, 2.45) is 0 Å². The summed E-state index contributed by atoms with van der Waals surface area (Å²) in [5.41, 5.74) is 9.51. The molecule has 5 nitrogen and oxygen atoms in total. The van der Waals surface area contributed by atoms with Crippen LogP contribution in [0.15, 0.2) is 47.0 Å². The van der Waals surface area contributed by atoms with Gasteiger partial charge in [0.15, 0.2) is 0 Å². The molecule has 0 atom stereocenters. The van der Waals surface area contributed by atoms with E-state index in [1.807, 2.05) is 18.2 Å². The number of hydrogen-bond donors (Lipinski definition) is 1. The number of methoxy groups -OCH3 is 1. The highest BCUT2D eigenvalue weighted by molar-refractivity contribution is 5.67. The quantitative estimate of drug-likeness (QED) is 0.728. The summed E-state index contributed by atoms with van der Waals surface area (Å²) in [5, 5.41) is 4.07. The van der Waals surface area contributed by atoms with E-state index in [2.05, 4.69) is 43.0 Å². The van der Waals surface area contributed by atoms with E-state index in [-0.39, 0.29) is 5.41 Å². The van der Waals surface area contributed by atoms with E-state index >= 15 is 0 Å². The first-order valence-corrected chi connectivity index (χ1v) is 7.77. The summed E-state index contributed by atoms with van der Waals surface area (Å²) in [7, 11) is 1.58. The topological polar surface area (TPSA) is 74.2 Å². The van der Waals surface area contributed by atoms with Crippen molar-refractivity contribution >= 4 is 5.69 Å². The van der Waals surface area contributed by atoms with Crippen LogP contribution in [0, 0.1) is 0 Å². The normalized spacial score (nSPS) is 11.5. The zero-order valence-corrected chi connectivity index (χ0v) is 14.3. The van der Waals surface area contributed by atoms with Gasteiger partial charge in [0.25, 0.3) is 5.89 Å². The fourth-order valence-corrected chi connectivity index (χ4v) is 2.44. The van der Waals surface area contributed by atoms with Crippen LogP contribution in [0.25, 0.3) is 22.8 Å². The van der Waals surface area contributed by atoms with Gasteiger partial charge in [0.2, 0.25) is 5.82 Å². The molecule has 2 aromatic carbocycles. The van der Waals surface area contributed by atoms with Crippen molar-refractivity contribution < 1.29 is 9.26 Å². The van der Waals surface area contributed by atoms with E-state index in [4.69, 9.17) is 15.0 Å². The summed E-state index contributed by atoms with van der Waals surface area (Å²) in [5.74, 6) is 1.61. The Hall–Kier alpha value is -2.82. The van der Waals surface area contributed by atoms with Crippen LogP contribution in [-0.4, -0.2) is 17.3 Å². The van der Waals surface area contributed by atoms with Gasteiger partial charge in [-0.15, -0.1) is 0 Å². The molecule has 0 aliphatic rings. The highest BCUT2D eigenvalue weighted by atomic mass is 16.5. The monoisotopic (exact) mass is 323 g/mol. The van der Waals surface area contributed by atoms with E-state index in [0.29, 0.717) is 23.2 Å². The van der Waals surface area contributed by atoms with Gasteiger partial charge in [-0.2, -0.15) is 4.98 Å². The Morgan fingerprint density at radius 3 is 2.25 bits per heavy atom. The molecule has 0 spiro atoms. The molecule has 124 valence electrons. The minimum absolute atomic E-state index is 0.113. The zero-order chi connectivity index (χ0) is 17.3. The van der Waals surface area contributed by atoms with Gasteiger partial charge in [-0.1, -0.05) is 50.2 Å². The van der Waals surface area contributed by atoms with Crippen LogP contribution in [0.1, 0.15) is 26.3 Å². The summed E-state index contributed by atoms with van der Waals surface area (Å²) >= 11 is 0. The van der Waals surface area contributed by atoms with Crippen molar-refractivity contribution in [1.82, 2.24) is 10.1 Å². The second kappa shape index (κ2) is 6.00. The first-order valence-electron chi connectivity index (χ1n) is 7.77. The molecular formula is C19H21N3O2. The number of nitrogens with two attached hydrogens (primary N) is 1. The lowest BCUT2D eigenvalue weighted by molar-refractivity contribution is 0.416. The molecule has 0 radical (unpaired) electrons. The van der Waals surface area contributed by atoms with Crippen molar-refractivity contribution in [3.63, 3.8) is 0 Å². The number of anilines is 1. The molecule has 1 heterocycles. The van der Waals surface area contributed by atoms with E-state index in [9.17, 15) is 0 Å². The van der Waals surface area contributed by atoms with E-state index in [1.165, 1.54) is 5.56 Å². The predicted octanol–water partition coefficient (Wildman–Crippen LogP) is 4.29. The van der Waals surface area contributed by atoms with E-state index < -0.39 is 0 Å². The fourth-order valence-electron chi connectivity index (χ4n) is 2.44. The van der Waals surface area contributed by atoms with Gasteiger partial charge in [0.1, 0.15) is 5.75 Å². The predicted molar refractivity (Wildman–Crippen MR) is 94.8 cm³/mol. The SMILES string of the molecule is COc1ccc(-c2nc(-c3ccc(C(C)(C)C)cc3)no2)cc1N. The average Bonchev–Trinajstić information content (AvgIpc) is 3.04. The smallest absolute Gasteiger partial charge is 0.258 e. The standard InChI is InChI=1S/C19H21N3O2/c1-19(2,3)14-8-5-12(6-9-14)17-21-18(24-22-17)13-7-10-16(23-4)15(20)11-13/h5-11H,20H2,1-4H3. The minimum Gasteiger partial charge on any atom is -0.495 e. The first-order chi connectivity index (χ1) is 11.4. The van der Waals surface area contributed by atoms with Crippen molar-refractivity contribution in [2.75, 3.05) is 12.8 Å². The molecule has 0 bridgehead atoms. The second-order valence-corrected chi connectivity index (χ2v) is 6.71. The van der Waals surface area contributed by atoms with Gasteiger partial charge in [-0.3, -0.25) is 0 Å². The van der Waals surface area contributed by atoms with Gasteiger partial charge >= 0.3 is 0 Å². The largest absolute Gasteiger partial charge is 0.495 e. The molecule has 5 heteroatoms. The number of benzene rings is 2. The Kier molecular flexibility index (Phi) is 4.01. The molecule has 2 N–H and O–H groups in total. The third-order valence-electron chi connectivity index (χ3n) is 3.91. The van der Waals surface area contributed by atoms with Crippen molar-refractivity contribution in [3.8, 4) is 28.6 Å². The molecule has 3 aromatic rings. The van der Waals surface area contributed by atoms with Crippen molar-refractivity contribution in [1.29, 1.82) is 0 Å². The molecule has 3 rings (SSSR count). The highest BCUT2D eigenvalue weighted by Crippen LogP contribution is 2.29. The first kappa shape index (κ1) is 16.1. The molecule has 1 aromatic heterocycles. The Balaban J connectivity index is 1.89. The van der Waals surface area contributed by atoms with Crippen molar-refractivity contribution in [2.45, 2.75) is 26.2 Å². The molecule has 24 heavy (non-hydrogen) atoms. The van der Waals surface area contributed by atoms with E-state index in [1.54, 1.807) is 19.2 Å². The second-order valence-electron chi connectivity index (χ2n) is 6.71. The maximum atomic E-state index is 5.93. The number of hydrogen-bond acceptors (Lipinski definition) is 5. The highest BCUT2D eigenvalue weighted by Gasteiger charge is 2.15. The maximum absolute atomic E-state index is 5.93. The van der Waals surface area contributed by atoms with E-state index in [0.717, 1.165) is 11.1 Å². The third kappa shape index (κ3) is 3.11. The molecule has 0 saturated heterocycles. The average molecular weight is 323 g/mol. The van der Waals surface area contributed by atoms with Gasteiger partial charge in [-0.05, 0) is 29.2 Å². The molecule has 0 aliphatic heterocycles. The molecule has 0 saturated carbocycles. The maximum Gasteiger partial charge on any atom is 0.258 e. The Labute approximate surface area is 141 Å². The minimum atomic E-state index is 0.113. The van der Waals surface area contributed by atoms with Crippen LogP contribution < -0.4 is 10.5 Å². The summed E-state index contributed by atoms with van der Waals surface area (Å²) in [6, 6.07) is 13.6. The lowest BCUT2D eigenvalue weighted by Gasteiger charge is -2.18. The third-order valence-corrected chi connectivity index (χ3v) is 3.91. The van der Waals surface area contributed by atoms with Crippen LogP contribution in [0.2, 0.25) is 0 Å². The lowest BCUT2D eigenvalue weighted by atomic mass is 9.87. The lowest BCUT2D eigenvalue weighted by Crippen LogP contribution is -2.10. The molecule has 0 aliphatic carbocycles. The number of nitrogen functional groups attached to an aromatic ring is 1. The van der Waals surface area contributed by atoms with Crippen LogP contribution >= 0.6 is 0 Å². The Morgan fingerprint density at radius 2 is 1.67 bits per heavy atom. The number of ether oxygens (including phenoxy) is 1. The molecule has 0 unspecified atom stereocenters. The molecule has 0 fully saturated rings. The van der Waals surface area contributed by atoms with Crippen LogP contribution in [0.4, 0.5) is 5.69 Å². The molecular weight excluding hydrogens is 302 g/mol. The van der Waals surface area contributed by atoms with Crippen LogP contribution in [0.5, 0.6) is 5.75 Å². The van der Waals surface area contributed by atoms with Gasteiger partial charge in [0.05, 0.1) is 12.8 Å². The number of rotatable bonds is 3. The Morgan fingerprint density at radius 1 is 1.00 bits per heavy atom.